The van der Waals surface area contributed by atoms with Gasteiger partial charge in [0.05, 0.1) is 4.90 Å². The highest BCUT2D eigenvalue weighted by atomic mass is 79.9. The van der Waals surface area contributed by atoms with Gasteiger partial charge in [0.15, 0.2) is 0 Å². The molecule has 6 heteroatoms. The number of halogens is 2. The molecular weight excluding hydrogens is 362 g/mol. The van der Waals surface area contributed by atoms with Crippen LogP contribution in [0.1, 0.15) is 37.8 Å². The predicted molar refractivity (Wildman–Crippen MR) is 85.6 cm³/mol. The van der Waals surface area contributed by atoms with Crippen molar-refractivity contribution in [1.82, 2.24) is 4.31 Å². The molecule has 1 fully saturated rings. The van der Waals surface area contributed by atoms with Crippen molar-refractivity contribution in [2.45, 2.75) is 49.9 Å². The van der Waals surface area contributed by atoms with E-state index in [-0.39, 0.29) is 5.54 Å². The molecule has 1 aromatic rings. The fourth-order valence-corrected chi connectivity index (χ4v) is 5.75. The molecule has 0 amide bonds. The predicted octanol–water partition coefficient (Wildman–Crippen LogP) is 4.06. The molecule has 0 atom stereocenters. The first-order valence-corrected chi connectivity index (χ1v) is 9.35. The van der Waals surface area contributed by atoms with Crippen molar-refractivity contribution in [1.29, 1.82) is 0 Å². The standard InChI is InChI=1S/C14H19BrClNO2S/c1-10-7-11(9-16)8-12(13(10)15)20(18,19)17-6-4-5-14(17,2)3/h7-8H,4-6,9H2,1-3H3. The summed E-state index contributed by atoms with van der Waals surface area (Å²) in [4.78, 5) is 0.322. The molecule has 2 rings (SSSR count). The van der Waals surface area contributed by atoms with Crippen LogP contribution in [0.4, 0.5) is 0 Å². The number of rotatable bonds is 3. The van der Waals surface area contributed by atoms with Gasteiger partial charge in [0.2, 0.25) is 10.0 Å². The highest BCUT2D eigenvalue weighted by molar-refractivity contribution is 9.10. The Bertz CT molecular complexity index is 628. The van der Waals surface area contributed by atoms with Gasteiger partial charge < -0.3 is 0 Å². The number of alkyl halides is 1. The first-order chi connectivity index (χ1) is 9.20. The molecule has 0 aromatic heterocycles. The molecule has 0 bridgehead atoms. The monoisotopic (exact) mass is 379 g/mol. The molecule has 0 saturated carbocycles. The summed E-state index contributed by atoms with van der Waals surface area (Å²) in [6, 6.07) is 3.58. The lowest BCUT2D eigenvalue weighted by Gasteiger charge is -2.31. The highest BCUT2D eigenvalue weighted by Crippen LogP contribution is 2.37. The van der Waals surface area contributed by atoms with Gasteiger partial charge in [-0.15, -0.1) is 11.6 Å². The van der Waals surface area contributed by atoms with Gasteiger partial charge in [-0.1, -0.05) is 6.07 Å². The van der Waals surface area contributed by atoms with Crippen LogP contribution < -0.4 is 0 Å². The summed E-state index contributed by atoms with van der Waals surface area (Å²) in [6.07, 6.45) is 1.79. The molecule has 112 valence electrons. The molecule has 20 heavy (non-hydrogen) atoms. The molecule has 0 N–H and O–H groups in total. The second-order valence-corrected chi connectivity index (χ2v) is 8.74. The van der Waals surface area contributed by atoms with Crippen LogP contribution in [0.25, 0.3) is 0 Å². The maximum atomic E-state index is 12.9. The third kappa shape index (κ3) is 2.78. The van der Waals surface area contributed by atoms with E-state index in [1.807, 2.05) is 26.8 Å². The Morgan fingerprint density at radius 3 is 2.55 bits per heavy atom. The Labute approximate surface area is 134 Å². The van der Waals surface area contributed by atoms with E-state index in [0.717, 1.165) is 24.0 Å². The van der Waals surface area contributed by atoms with Gasteiger partial charge in [-0.05, 0) is 66.7 Å². The minimum atomic E-state index is -3.50. The quantitative estimate of drug-likeness (QED) is 0.742. The number of hydrogen-bond acceptors (Lipinski definition) is 2. The molecule has 0 aliphatic carbocycles. The maximum Gasteiger partial charge on any atom is 0.244 e. The van der Waals surface area contributed by atoms with E-state index in [0.29, 0.717) is 21.8 Å². The van der Waals surface area contributed by atoms with Crippen LogP contribution in [-0.4, -0.2) is 24.8 Å². The average molecular weight is 381 g/mol. The molecule has 1 saturated heterocycles. The number of hydrogen-bond donors (Lipinski definition) is 0. The van der Waals surface area contributed by atoms with Crippen molar-refractivity contribution < 1.29 is 8.42 Å². The van der Waals surface area contributed by atoms with Crippen molar-refractivity contribution >= 4 is 37.6 Å². The normalized spacial score (nSPS) is 19.4. The van der Waals surface area contributed by atoms with Crippen LogP contribution >= 0.6 is 27.5 Å². The third-order valence-electron chi connectivity index (χ3n) is 3.83. The Morgan fingerprint density at radius 1 is 1.40 bits per heavy atom. The third-order valence-corrected chi connectivity index (χ3v) is 7.59. The zero-order valence-electron chi connectivity index (χ0n) is 11.9. The van der Waals surface area contributed by atoms with Gasteiger partial charge in [-0.25, -0.2) is 8.42 Å². The molecule has 3 nitrogen and oxygen atoms in total. The second kappa shape index (κ2) is 5.59. The highest BCUT2D eigenvalue weighted by Gasteiger charge is 2.41. The van der Waals surface area contributed by atoms with Gasteiger partial charge in [0.25, 0.3) is 0 Å². The van der Waals surface area contributed by atoms with Crippen LogP contribution in [0.3, 0.4) is 0 Å². The minimum absolute atomic E-state index is 0.306. The van der Waals surface area contributed by atoms with E-state index in [1.54, 1.807) is 10.4 Å². The van der Waals surface area contributed by atoms with Crippen molar-refractivity contribution in [3.05, 3.63) is 27.7 Å². The molecule has 1 aliphatic rings. The van der Waals surface area contributed by atoms with Crippen molar-refractivity contribution in [3.8, 4) is 0 Å². The van der Waals surface area contributed by atoms with Gasteiger partial charge in [0, 0.05) is 22.4 Å². The lowest BCUT2D eigenvalue weighted by molar-refractivity contribution is 0.291. The molecule has 0 spiro atoms. The van der Waals surface area contributed by atoms with E-state index in [4.69, 9.17) is 11.6 Å². The number of nitrogens with zero attached hydrogens (tertiary/aromatic N) is 1. The fourth-order valence-electron chi connectivity index (χ4n) is 2.72. The van der Waals surface area contributed by atoms with Crippen LogP contribution in [-0.2, 0) is 15.9 Å². The lowest BCUT2D eigenvalue weighted by Crippen LogP contribution is -2.42. The van der Waals surface area contributed by atoms with E-state index in [2.05, 4.69) is 15.9 Å². The smallest absolute Gasteiger partial charge is 0.207 e. The van der Waals surface area contributed by atoms with E-state index in [9.17, 15) is 8.42 Å². The molecule has 1 aliphatic heterocycles. The summed E-state index contributed by atoms with van der Waals surface area (Å²) in [5.74, 6) is 0.306. The van der Waals surface area contributed by atoms with Crippen LogP contribution in [0.5, 0.6) is 0 Å². The summed E-state index contributed by atoms with van der Waals surface area (Å²) in [6.45, 7) is 6.41. The summed E-state index contributed by atoms with van der Waals surface area (Å²) in [7, 11) is -3.50. The molecule has 1 heterocycles. The summed E-state index contributed by atoms with van der Waals surface area (Å²) < 4.78 is 28.1. The number of aryl methyl sites for hydroxylation is 1. The van der Waals surface area contributed by atoms with Crippen molar-refractivity contribution in [3.63, 3.8) is 0 Å². The van der Waals surface area contributed by atoms with Gasteiger partial charge in [-0.2, -0.15) is 4.31 Å². The van der Waals surface area contributed by atoms with Crippen LogP contribution in [0.15, 0.2) is 21.5 Å². The van der Waals surface area contributed by atoms with Gasteiger partial charge in [-0.3, -0.25) is 0 Å². The lowest BCUT2D eigenvalue weighted by atomic mass is 10.0. The van der Waals surface area contributed by atoms with E-state index < -0.39 is 10.0 Å². The SMILES string of the molecule is Cc1cc(CCl)cc(S(=O)(=O)N2CCCC2(C)C)c1Br. The fraction of sp³-hybridized carbons (Fsp3) is 0.571. The van der Waals surface area contributed by atoms with Gasteiger partial charge >= 0.3 is 0 Å². The first-order valence-electron chi connectivity index (χ1n) is 6.58. The topological polar surface area (TPSA) is 37.4 Å². The van der Waals surface area contributed by atoms with Crippen molar-refractivity contribution in [2.75, 3.05) is 6.54 Å². The zero-order valence-corrected chi connectivity index (χ0v) is 15.1. The minimum Gasteiger partial charge on any atom is -0.207 e. The molecule has 0 radical (unpaired) electrons. The summed E-state index contributed by atoms with van der Waals surface area (Å²) in [5.41, 5.74) is 1.38. The zero-order chi connectivity index (χ0) is 15.1. The number of benzene rings is 1. The Hall–Kier alpha value is -0.100. The van der Waals surface area contributed by atoms with Crippen LogP contribution in [0.2, 0.25) is 0 Å². The maximum absolute atomic E-state index is 12.9. The van der Waals surface area contributed by atoms with E-state index >= 15 is 0 Å². The Kier molecular flexibility index (Phi) is 4.55. The molecular formula is C14H19BrClNO2S. The molecule has 0 unspecified atom stereocenters. The largest absolute Gasteiger partial charge is 0.244 e. The summed E-state index contributed by atoms with van der Waals surface area (Å²) in [5, 5.41) is 0. The van der Waals surface area contributed by atoms with Gasteiger partial charge in [0.1, 0.15) is 0 Å². The average Bonchev–Trinajstić information content (AvgIpc) is 2.72. The summed E-state index contributed by atoms with van der Waals surface area (Å²) >= 11 is 9.28. The number of sulfonamides is 1. The van der Waals surface area contributed by atoms with E-state index in [1.165, 1.54) is 0 Å². The Morgan fingerprint density at radius 2 is 2.05 bits per heavy atom. The van der Waals surface area contributed by atoms with Crippen LogP contribution in [0, 0.1) is 6.92 Å². The molecule has 1 aromatic carbocycles. The van der Waals surface area contributed by atoms with Crippen molar-refractivity contribution in [2.24, 2.45) is 0 Å². The first kappa shape index (κ1) is 16.3. The Balaban J connectivity index is 2.58. The second-order valence-electron chi connectivity index (χ2n) is 5.85.